The number of thioether (sulfide) groups is 1. The fourth-order valence-corrected chi connectivity index (χ4v) is 3.20. The molecule has 1 aliphatic heterocycles. The second-order valence-electron chi connectivity index (χ2n) is 4.73. The SMILES string of the molecule is CC1CNC(c2cccc(C(F)(F)F)c2)CSC1. The average Bonchev–Trinajstić information content (AvgIpc) is 2.53. The molecule has 2 atom stereocenters. The van der Waals surface area contributed by atoms with Crippen LogP contribution in [0.2, 0.25) is 0 Å². The van der Waals surface area contributed by atoms with Crippen molar-refractivity contribution < 1.29 is 13.2 Å². The minimum atomic E-state index is -4.26. The van der Waals surface area contributed by atoms with Crippen molar-refractivity contribution >= 4 is 11.8 Å². The van der Waals surface area contributed by atoms with Crippen molar-refractivity contribution in [2.24, 2.45) is 5.92 Å². The van der Waals surface area contributed by atoms with Crippen LogP contribution in [0, 0.1) is 5.92 Å². The molecule has 0 spiro atoms. The van der Waals surface area contributed by atoms with E-state index in [1.54, 1.807) is 17.8 Å². The van der Waals surface area contributed by atoms with Crippen molar-refractivity contribution in [3.8, 4) is 0 Å². The summed E-state index contributed by atoms with van der Waals surface area (Å²) in [5.41, 5.74) is 0.163. The molecule has 0 amide bonds. The molecule has 1 nitrogen and oxygen atoms in total. The molecule has 0 bridgehead atoms. The number of rotatable bonds is 1. The topological polar surface area (TPSA) is 12.0 Å². The molecule has 18 heavy (non-hydrogen) atoms. The minimum Gasteiger partial charge on any atom is -0.309 e. The molecule has 0 aliphatic carbocycles. The van der Waals surface area contributed by atoms with Crippen LogP contribution in [-0.2, 0) is 6.18 Å². The predicted molar refractivity (Wildman–Crippen MR) is 68.7 cm³/mol. The molecule has 2 rings (SSSR count). The molecule has 1 fully saturated rings. The van der Waals surface area contributed by atoms with Gasteiger partial charge in [-0.1, -0.05) is 19.1 Å². The van der Waals surface area contributed by atoms with Crippen molar-refractivity contribution in [2.75, 3.05) is 18.1 Å². The summed E-state index contributed by atoms with van der Waals surface area (Å²) in [6, 6.07) is 5.65. The maximum absolute atomic E-state index is 12.7. The molecule has 0 saturated carbocycles. The first kappa shape index (κ1) is 13.7. The van der Waals surface area contributed by atoms with E-state index in [2.05, 4.69) is 12.2 Å². The fraction of sp³-hybridized carbons (Fsp3) is 0.538. The quantitative estimate of drug-likeness (QED) is 0.838. The van der Waals surface area contributed by atoms with E-state index in [1.807, 2.05) is 0 Å². The molecule has 0 radical (unpaired) electrons. The van der Waals surface area contributed by atoms with Gasteiger partial charge < -0.3 is 5.32 Å². The highest BCUT2D eigenvalue weighted by Crippen LogP contribution is 2.32. The second kappa shape index (κ2) is 5.53. The van der Waals surface area contributed by atoms with Crippen LogP contribution >= 0.6 is 11.8 Å². The van der Waals surface area contributed by atoms with E-state index >= 15 is 0 Å². The van der Waals surface area contributed by atoms with Crippen LogP contribution in [0.5, 0.6) is 0 Å². The summed E-state index contributed by atoms with van der Waals surface area (Å²) in [6.45, 7) is 3.00. The van der Waals surface area contributed by atoms with Gasteiger partial charge in [-0.05, 0) is 35.9 Å². The van der Waals surface area contributed by atoms with Crippen molar-refractivity contribution in [1.29, 1.82) is 0 Å². The number of benzene rings is 1. The fourth-order valence-electron chi connectivity index (χ4n) is 1.99. The second-order valence-corrected chi connectivity index (χ2v) is 5.80. The van der Waals surface area contributed by atoms with Crippen molar-refractivity contribution in [2.45, 2.75) is 19.1 Å². The molecule has 1 saturated heterocycles. The molecule has 100 valence electrons. The highest BCUT2D eigenvalue weighted by molar-refractivity contribution is 7.99. The Morgan fingerprint density at radius 2 is 2.06 bits per heavy atom. The Morgan fingerprint density at radius 3 is 2.78 bits per heavy atom. The van der Waals surface area contributed by atoms with Crippen molar-refractivity contribution in [1.82, 2.24) is 5.32 Å². The summed E-state index contributed by atoms with van der Waals surface area (Å²) < 4.78 is 38.0. The summed E-state index contributed by atoms with van der Waals surface area (Å²) in [5, 5.41) is 3.34. The largest absolute Gasteiger partial charge is 0.416 e. The Morgan fingerprint density at radius 1 is 1.28 bits per heavy atom. The first-order valence-corrected chi connectivity index (χ1v) is 7.10. The lowest BCUT2D eigenvalue weighted by molar-refractivity contribution is -0.137. The van der Waals surface area contributed by atoms with E-state index in [9.17, 15) is 13.2 Å². The smallest absolute Gasteiger partial charge is 0.309 e. The van der Waals surface area contributed by atoms with Crippen LogP contribution in [0.3, 0.4) is 0 Å². The van der Waals surface area contributed by atoms with E-state index in [0.717, 1.165) is 29.7 Å². The van der Waals surface area contributed by atoms with Crippen LogP contribution in [0.15, 0.2) is 24.3 Å². The summed E-state index contributed by atoms with van der Waals surface area (Å²) >= 11 is 1.80. The molecule has 1 aromatic carbocycles. The number of hydrogen-bond donors (Lipinski definition) is 1. The molecular weight excluding hydrogens is 259 g/mol. The Hall–Kier alpha value is -0.680. The lowest BCUT2D eigenvalue weighted by Crippen LogP contribution is -2.25. The maximum Gasteiger partial charge on any atom is 0.416 e. The van der Waals surface area contributed by atoms with Gasteiger partial charge >= 0.3 is 6.18 Å². The first-order chi connectivity index (χ1) is 8.47. The third-order valence-corrected chi connectivity index (χ3v) is 4.39. The molecule has 1 aromatic rings. The number of halogens is 3. The molecular formula is C13H16F3NS. The Labute approximate surface area is 109 Å². The highest BCUT2D eigenvalue weighted by Gasteiger charge is 2.31. The van der Waals surface area contributed by atoms with Gasteiger partial charge in [-0.15, -0.1) is 0 Å². The molecule has 5 heteroatoms. The number of alkyl halides is 3. The molecule has 1 aliphatic rings. The Kier molecular flexibility index (Phi) is 4.22. The summed E-state index contributed by atoms with van der Waals surface area (Å²) in [4.78, 5) is 0. The third-order valence-electron chi connectivity index (χ3n) is 3.02. The van der Waals surface area contributed by atoms with E-state index in [0.29, 0.717) is 5.92 Å². The van der Waals surface area contributed by atoms with E-state index in [1.165, 1.54) is 12.1 Å². The van der Waals surface area contributed by atoms with Crippen LogP contribution < -0.4 is 5.32 Å². The van der Waals surface area contributed by atoms with Gasteiger partial charge in [-0.2, -0.15) is 24.9 Å². The van der Waals surface area contributed by atoms with Gasteiger partial charge in [0.15, 0.2) is 0 Å². The third kappa shape index (κ3) is 3.42. The molecule has 1 heterocycles. The van der Waals surface area contributed by atoms with Gasteiger partial charge in [0.05, 0.1) is 5.56 Å². The zero-order valence-corrected chi connectivity index (χ0v) is 10.9. The lowest BCUT2D eigenvalue weighted by Gasteiger charge is -2.17. The predicted octanol–water partition coefficient (Wildman–Crippen LogP) is 3.72. The summed E-state index contributed by atoms with van der Waals surface area (Å²) in [5.74, 6) is 2.44. The van der Waals surface area contributed by atoms with E-state index in [-0.39, 0.29) is 6.04 Å². The van der Waals surface area contributed by atoms with E-state index in [4.69, 9.17) is 0 Å². The van der Waals surface area contributed by atoms with Gasteiger partial charge in [0.2, 0.25) is 0 Å². The van der Waals surface area contributed by atoms with Crippen molar-refractivity contribution in [3.63, 3.8) is 0 Å². The summed E-state index contributed by atoms with van der Waals surface area (Å²) in [7, 11) is 0. The lowest BCUT2D eigenvalue weighted by atomic mass is 10.0. The standard InChI is InChI=1S/C13H16F3NS/c1-9-6-17-12(8-18-7-9)10-3-2-4-11(5-10)13(14,15)16/h2-5,9,12,17H,6-8H2,1H3. The zero-order chi connectivity index (χ0) is 13.2. The first-order valence-electron chi connectivity index (χ1n) is 5.95. The molecule has 0 aromatic heterocycles. The maximum atomic E-state index is 12.7. The minimum absolute atomic E-state index is 0.0160. The Bertz CT molecular complexity index is 405. The van der Waals surface area contributed by atoms with Gasteiger partial charge in [-0.3, -0.25) is 0 Å². The van der Waals surface area contributed by atoms with Gasteiger partial charge in [-0.25, -0.2) is 0 Å². The normalized spacial score (nSPS) is 25.8. The highest BCUT2D eigenvalue weighted by atomic mass is 32.2. The van der Waals surface area contributed by atoms with Crippen LogP contribution in [0.25, 0.3) is 0 Å². The van der Waals surface area contributed by atoms with Gasteiger partial charge in [0.25, 0.3) is 0 Å². The Balaban J connectivity index is 2.17. The van der Waals surface area contributed by atoms with Gasteiger partial charge in [0.1, 0.15) is 0 Å². The molecule has 1 N–H and O–H groups in total. The van der Waals surface area contributed by atoms with Crippen LogP contribution in [0.1, 0.15) is 24.1 Å². The van der Waals surface area contributed by atoms with Gasteiger partial charge in [0, 0.05) is 11.8 Å². The number of nitrogens with one attached hydrogen (secondary N) is 1. The van der Waals surface area contributed by atoms with Crippen LogP contribution in [0.4, 0.5) is 13.2 Å². The van der Waals surface area contributed by atoms with E-state index < -0.39 is 11.7 Å². The van der Waals surface area contributed by atoms with Crippen molar-refractivity contribution in [3.05, 3.63) is 35.4 Å². The summed E-state index contributed by atoms with van der Waals surface area (Å²) in [6.07, 6.45) is -4.26. The molecule has 2 unspecified atom stereocenters. The number of hydrogen-bond acceptors (Lipinski definition) is 2. The van der Waals surface area contributed by atoms with Crippen LogP contribution in [-0.4, -0.2) is 18.1 Å². The zero-order valence-electron chi connectivity index (χ0n) is 10.1. The monoisotopic (exact) mass is 275 g/mol. The average molecular weight is 275 g/mol.